The highest BCUT2D eigenvalue weighted by molar-refractivity contribution is 7.99. The van der Waals surface area contributed by atoms with Gasteiger partial charge in [0.05, 0.1) is 34.8 Å². The molecule has 0 aliphatic rings. The number of pyridine rings is 2. The quantitative estimate of drug-likeness (QED) is 0.368. The van der Waals surface area contributed by atoms with E-state index in [2.05, 4.69) is 30.6 Å². The Labute approximate surface area is 162 Å². The molecular formula is C18H13FN6O2S. The monoisotopic (exact) mass is 396 g/mol. The van der Waals surface area contributed by atoms with Crippen LogP contribution >= 0.6 is 11.8 Å². The number of hydrogen-bond acceptors (Lipinski definition) is 6. The van der Waals surface area contributed by atoms with E-state index in [-0.39, 0.29) is 5.95 Å². The van der Waals surface area contributed by atoms with Crippen LogP contribution in [0.5, 0.6) is 0 Å². The first-order chi connectivity index (χ1) is 13.5. The molecule has 0 atom stereocenters. The van der Waals surface area contributed by atoms with Gasteiger partial charge in [0.2, 0.25) is 11.9 Å². The van der Waals surface area contributed by atoms with E-state index in [1.807, 2.05) is 24.3 Å². The average molecular weight is 396 g/mol. The van der Waals surface area contributed by atoms with Crippen molar-refractivity contribution in [1.29, 1.82) is 0 Å². The van der Waals surface area contributed by atoms with E-state index in [4.69, 9.17) is 5.11 Å². The van der Waals surface area contributed by atoms with Crippen LogP contribution in [-0.2, 0) is 0 Å². The number of imidazole rings is 1. The zero-order chi connectivity index (χ0) is 19.5. The Morgan fingerprint density at radius 2 is 1.96 bits per heavy atom. The van der Waals surface area contributed by atoms with Crippen LogP contribution in [0.3, 0.4) is 0 Å². The Balaban J connectivity index is 1.52. The number of H-pyrrole nitrogens is 1. The van der Waals surface area contributed by atoms with Gasteiger partial charge in [-0.1, -0.05) is 11.8 Å². The highest BCUT2D eigenvalue weighted by Gasteiger charge is 2.07. The summed E-state index contributed by atoms with van der Waals surface area (Å²) in [5.41, 5.74) is 2.77. The third kappa shape index (κ3) is 4.18. The lowest BCUT2D eigenvalue weighted by atomic mass is 10.3. The Bertz CT molecular complexity index is 1150. The maximum absolute atomic E-state index is 12.9. The zero-order valence-electron chi connectivity index (χ0n) is 14.2. The van der Waals surface area contributed by atoms with Crippen molar-refractivity contribution in [2.24, 2.45) is 0 Å². The van der Waals surface area contributed by atoms with E-state index in [0.29, 0.717) is 11.2 Å². The summed E-state index contributed by atoms with van der Waals surface area (Å²) in [6.07, 6.45) is 3.61. The third-order valence-electron chi connectivity index (χ3n) is 3.64. The lowest BCUT2D eigenvalue weighted by molar-refractivity contribution is 0.209. The first-order valence-corrected chi connectivity index (χ1v) is 8.88. The number of benzene rings is 1. The number of halogens is 1. The van der Waals surface area contributed by atoms with Crippen molar-refractivity contribution in [3.63, 3.8) is 0 Å². The number of fused-ring (bicyclic) bond motifs is 1. The van der Waals surface area contributed by atoms with Gasteiger partial charge in [-0.15, -0.1) is 0 Å². The summed E-state index contributed by atoms with van der Waals surface area (Å²) in [6.45, 7) is 0. The number of nitrogens with zero attached hydrogens (tertiary/aromatic N) is 3. The van der Waals surface area contributed by atoms with E-state index in [1.54, 1.807) is 18.5 Å². The fraction of sp³-hybridized carbons (Fsp3) is 0. The Morgan fingerprint density at radius 3 is 2.75 bits per heavy atom. The third-order valence-corrected chi connectivity index (χ3v) is 4.59. The minimum Gasteiger partial charge on any atom is -0.465 e. The molecule has 4 N–H and O–H groups in total. The van der Waals surface area contributed by atoms with Gasteiger partial charge in [0.25, 0.3) is 0 Å². The molecule has 4 rings (SSSR count). The zero-order valence-corrected chi connectivity index (χ0v) is 15.0. The minimum absolute atomic E-state index is 0.172. The summed E-state index contributed by atoms with van der Waals surface area (Å²) >= 11 is 1.48. The number of nitrogens with one attached hydrogen (secondary N) is 3. The maximum atomic E-state index is 12.9. The topological polar surface area (TPSA) is 116 Å². The van der Waals surface area contributed by atoms with Crippen molar-refractivity contribution in [2.45, 2.75) is 9.79 Å². The van der Waals surface area contributed by atoms with Crippen LogP contribution in [0.2, 0.25) is 0 Å². The van der Waals surface area contributed by atoms with Gasteiger partial charge in [-0.05, 0) is 36.4 Å². The summed E-state index contributed by atoms with van der Waals surface area (Å²) < 4.78 is 12.9. The number of rotatable bonds is 5. The van der Waals surface area contributed by atoms with Gasteiger partial charge in [-0.3, -0.25) is 10.3 Å². The molecule has 1 amide bonds. The van der Waals surface area contributed by atoms with E-state index in [1.165, 1.54) is 24.0 Å². The molecule has 0 aliphatic carbocycles. The molecular weight excluding hydrogens is 383 g/mol. The summed E-state index contributed by atoms with van der Waals surface area (Å²) in [6, 6.07) is 10.4. The van der Waals surface area contributed by atoms with Gasteiger partial charge in [-0.2, -0.15) is 4.39 Å². The molecule has 0 unspecified atom stereocenters. The lowest BCUT2D eigenvalue weighted by Gasteiger charge is -2.07. The average Bonchev–Trinajstić information content (AvgIpc) is 3.04. The Kier molecular flexibility index (Phi) is 4.77. The van der Waals surface area contributed by atoms with Crippen LogP contribution in [0.4, 0.5) is 26.5 Å². The van der Waals surface area contributed by atoms with Gasteiger partial charge >= 0.3 is 6.09 Å². The van der Waals surface area contributed by atoms with Crippen molar-refractivity contribution in [3.8, 4) is 0 Å². The second kappa shape index (κ2) is 7.53. The molecule has 0 bridgehead atoms. The summed E-state index contributed by atoms with van der Waals surface area (Å²) in [5, 5.41) is 14.1. The Morgan fingerprint density at radius 1 is 1.07 bits per heavy atom. The predicted molar refractivity (Wildman–Crippen MR) is 104 cm³/mol. The van der Waals surface area contributed by atoms with E-state index < -0.39 is 12.0 Å². The van der Waals surface area contributed by atoms with Gasteiger partial charge in [0.1, 0.15) is 0 Å². The fourth-order valence-electron chi connectivity index (χ4n) is 2.51. The van der Waals surface area contributed by atoms with Gasteiger partial charge in [0, 0.05) is 16.0 Å². The van der Waals surface area contributed by atoms with Crippen molar-refractivity contribution in [2.75, 3.05) is 10.6 Å². The number of amides is 1. The predicted octanol–water partition coefficient (Wildman–Crippen LogP) is 4.48. The summed E-state index contributed by atoms with van der Waals surface area (Å²) in [4.78, 5) is 27.5. The molecule has 1 aromatic carbocycles. The largest absolute Gasteiger partial charge is 0.465 e. The molecule has 0 spiro atoms. The standard InChI is InChI=1S/C18H13FN6O2S/c19-16-4-1-10(8-21-16)22-11-5-13(9-20-7-11)28-12-2-3-14-15(6-12)24-17(23-14)25-18(26)27/h1-9,22H,(H,26,27)(H2,23,24,25). The minimum atomic E-state index is -1.18. The second-order valence-electron chi connectivity index (χ2n) is 5.70. The lowest BCUT2D eigenvalue weighted by Crippen LogP contribution is -2.08. The number of anilines is 3. The molecule has 28 heavy (non-hydrogen) atoms. The number of aromatic nitrogens is 4. The van der Waals surface area contributed by atoms with Crippen LogP contribution in [0, 0.1) is 5.95 Å². The SMILES string of the molecule is O=C(O)Nc1nc2cc(Sc3cncc(Nc4ccc(F)nc4)c3)ccc2[nH]1. The normalized spacial score (nSPS) is 10.8. The molecule has 8 nitrogen and oxygen atoms in total. The van der Waals surface area contributed by atoms with Gasteiger partial charge in [0.15, 0.2) is 0 Å². The van der Waals surface area contributed by atoms with Crippen LogP contribution < -0.4 is 10.6 Å². The second-order valence-corrected chi connectivity index (χ2v) is 6.85. The molecule has 0 aliphatic heterocycles. The van der Waals surface area contributed by atoms with E-state index in [9.17, 15) is 9.18 Å². The molecule has 0 saturated carbocycles. The smallest absolute Gasteiger partial charge is 0.411 e. The number of carbonyl (C=O) groups is 1. The molecule has 3 aromatic heterocycles. The van der Waals surface area contributed by atoms with Crippen LogP contribution in [0.25, 0.3) is 11.0 Å². The van der Waals surface area contributed by atoms with Crippen LogP contribution in [0.15, 0.2) is 64.8 Å². The Hall–Kier alpha value is -3.66. The molecule has 0 radical (unpaired) electrons. The van der Waals surface area contributed by atoms with Crippen molar-refractivity contribution in [1.82, 2.24) is 19.9 Å². The maximum Gasteiger partial charge on any atom is 0.411 e. The highest BCUT2D eigenvalue weighted by atomic mass is 32.2. The van der Waals surface area contributed by atoms with Gasteiger partial charge < -0.3 is 15.4 Å². The molecule has 10 heteroatoms. The van der Waals surface area contributed by atoms with Gasteiger partial charge in [-0.25, -0.2) is 14.8 Å². The van der Waals surface area contributed by atoms with Crippen LogP contribution in [-0.4, -0.2) is 31.1 Å². The highest BCUT2D eigenvalue weighted by Crippen LogP contribution is 2.31. The summed E-state index contributed by atoms with van der Waals surface area (Å²) in [5.74, 6) is -0.367. The van der Waals surface area contributed by atoms with E-state index >= 15 is 0 Å². The fourth-order valence-corrected chi connectivity index (χ4v) is 3.38. The van der Waals surface area contributed by atoms with E-state index in [0.717, 1.165) is 21.0 Å². The number of hydrogen-bond donors (Lipinski definition) is 4. The number of aromatic amines is 1. The number of carboxylic acid groups (broad SMARTS) is 1. The molecule has 0 saturated heterocycles. The summed E-state index contributed by atoms with van der Waals surface area (Å²) in [7, 11) is 0. The molecule has 140 valence electrons. The first kappa shape index (κ1) is 17.7. The molecule has 0 fully saturated rings. The van der Waals surface area contributed by atoms with Crippen LogP contribution in [0.1, 0.15) is 0 Å². The molecule has 3 heterocycles. The first-order valence-electron chi connectivity index (χ1n) is 8.06. The van der Waals surface area contributed by atoms with Crippen molar-refractivity contribution in [3.05, 3.63) is 60.9 Å². The van der Waals surface area contributed by atoms with Crippen molar-refractivity contribution < 1.29 is 14.3 Å². The van der Waals surface area contributed by atoms with Crippen molar-refractivity contribution >= 4 is 46.2 Å². The molecule has 4 aromatic rings.